The van der Waals surface area contributed by atoms with Crippen molar-refractivity contribution in [3.05, 3.63) is 131 Å². The lowest BCUT2D eigenvalue weighted by Gasteiger charge is -2.29. The lowest BCUT2D eigenvalue weighted by atomic mass is 9.88. The SMILES string of the molecule is C=CNc1ccc(F)cc1/C(=C(\C)C1=NN(C(=C)C(F)(F)CC)C(c2ccc(C)cc2)C1)c1ccc(F)cc1. The Labute approximate surface area is 226 Å². The van der Waals surface area contributed by atoms with Gasteiger partial charge in [0.25, 0.3) is 5.92 Å². The molecule has 202 valence electrons. The van der Waals surface area contributed by atoms with E-state index < -0.39 is 30.0 Å². The minimum absolute atomic E-state index is 0.317. The van der Waals surface area contributed by atoms with Crippen LogP contribution < -0.4 is 5.32 Å². The van der Waals surface area contributed by atoms with E-state index in [4.69, 9.17) is 0 Å². The highest BCUT2D eigenvalue weighted by Gasteiger charge is 2.41. The molecule has 0 aromatic heterocycles. The fraction of sp³-hybridized carbons (Fsp3) is 0.219. The normalized spacial score (nSPS) is 16.0. The molecule has 0 spiro atoms. The summed E-state index contributed by atoms with van der Waals surface area (Å²) in [6.07, 6.45) is 1.38. The number of halogens is 4. The van der Waals surface area contributed by atoms with Gasteiger partial charge in [-0.3, -0.25) is 5.01 Å². The Kier molecular flexibility index (Phi) is 8.09. The predicted molar refractivity (Wildman–Crippen MR) is 151 cm³/mol. The molecule has 4 rings (SSSR count). The van der Waals surface area contributed by atoms with E-state index >= 15 is 0 Å². The number of anilines is 1. The Morgan fingerprint density at radius 2 is 1.69 bits per heavy atom. The van der Waals surface area contributed by atoms with Crippen molar-refractivity contribution >= 4 is 17.0 Å². The quantitative estimate of drug-likeness (QED) is 0.278. The van der Waals surface area contributed by atoms with Gasteiger partial charge >= 0.3 is 0 Å². The van der Waals surface area contributed by atoms with E-state index in [1.807, 2.05) is 38.1 Å². The molecule has 0 bridgehead atoms. The molecular weight excluding hydrogens is 502 g/mol. The van der Waals surface area contributed by atoms with Gasteiger partial charge in [-0.15, -0.1) is 0 Å². The molecule has 39 heavy (non-hydrogen) atoms. The Morgan fingerprint density at radius 3 is 2.31 bits per heavy atom. The first-order chi connectivity index (χ1) is 18.6. The molecule has 0 radical (unpaired) electrons. The van der Waals surface area contributed by atoms with Gasteiger partial charge in [0.2, 0.25) is 0 Å². The summed E-state index contributed by atoms with van der Waals surface area (Å²) in [6.45, 7) is 12.6. The summed E-state index contributed by atoms with van der Waals surface area (Å²) in [5, 5.41) is 9.01. The zero-order chi connectivity index (χ0) is 28.3. The van der Waals surface area contributed by atoms with Crippen molar-refractivity contribution in [3.63, 3.8) is 0 Å². The number of alkyl halides is 2. The van der Waals surface area contributed by atoms with Crippen LogP contribution in [0.1, 0.15) is 55.0 Å². The van der Waals surface area contributed by atoms with E-state index in [9.17, 15) is 17.6 Å². The number of allylic oxidation sites excluding steroid dienone is 2. The number of nitrogens with zero attached hydrogens (tertiary/aromatic N) is 2. The number of rotatable bonds is 9. The van der Waals surface area contributed by atoms with Crippen LogP contribution in [0.2, 0.25) is 0 Å². The first kappa shape index (κ1) is 27.9. The highest BCUT2D eigenvalue weighted by atomic mass is 19.3. The molecule has 1 N–H and O–H groups in total. The third-order valence-electron chi connectivity index (χ3n) is 6.96. The standard InChI is InChI=1S/C32H31F4N3/c1-6-32(35,36)22(5)39-30(23-10-8-20(3)9-11-23)19-29(38-39)21(4)31(24-12-14-25(33)15-13-24)27-18-26(34)16-17-28(27)37-7-2/h7-18,30,37H,2,5-6,19H2,1,3-4H3/b31-21+. The van der Waals surface area contributed by atoms with Gasteiger partial charge < -0.3 is 5.32 Å². The third kappa shape index (κ3) is 5.82. The van der Waals surface area contributed by atoms with Crippen LogP contribution in [0.25, 0.3) is 5.57 Å². The maximum absolute atomic E-state index is 14.9. The first-order valence-electron chi connectivity index (χ1n) is 12.7. The van der Waals surface area contributed by atoms with E-state index in [0.717, 1.165) is 11.1 Å². The number of nitrogens with one attached hydrogen (secondary N) is 1. The first-order valence-corrected chi connectivity index (χ1v) is 12.7. The van der Waals surface area contributed by atoms with Gasteiger partial charge in [0, 0.05) is 24.1 Å². The molecule has 0 amide bonds. The van der Waals surface area contributed by atoms with E-state index in [2.05, 4.69) is 23.6 Å². The lowest BCUT2D eigenvalue weighted by Crippen LogP contribution is -2.30. The molecule has 0 aliphatic carbocycles. The van der Waals surface area contributed by atoms with Crippen molar-refractivity contribution in [1.29, 1.82) is 0 Å². The van der Waals surface area contributed by atoms with Crippen molar-refractivity contribution < 1.29 is 17.6 Å². The fourth-order valence-electron chi connectivity index (χ4n) is 4.70. The van der Waals surface area contributed by atoms with Crippen LogP contribution in [-0.2, 0) is 0 Å². The Bertz CT molecular complexity index is 1440. The summed E-state index contributed by atoms with van der Waals surface area (Å²) < 4.78 is 58.2. The van der Waals surface area contributed by atoms with Gasteiger partial charge in [0.15, 0.2) is 0 Å². The molecule has 1 atom stereocenters. The van der Waals surface area contributed by atoms with Gasteiger partial charge in [-0.2, -0.15) is 13.9 Å². The molecule has 0 saturated heterocycles. The van der Waals surface area contributed by atoms with Crippen molar-refractivity contribution in [3.8, 4) is 0 Å². The molecule has 0 saturated carbocycles. The van der Waals surface area contributed by atoms with Crippen LogP contribution in [0.4, 0.5) is 23.2 Å². The van der Waals surface area contributed by atoms with Gasteiger partial charge in [-0.05, 0) is 72.7 Å². The van der Waals surface area contributed by atoms with E-state index in [-0.39, 0.29) is 5.70 Å². The lowest BCUT2D eigenvalue weighted by molar-refractivity contribution is 0.00279. The number of hydrazone groups is 1. The molecule has 7 heteroatoms. The second-order valence-corrected chi connectivity index (χ2v) is 9.57. The van der Waals surface area contributed by atoms with Crippen LogP contribution >= 0.6 is 0 Å². The van der Waals surface area contributed by atoms with Crippen LogP contribution in [0, 0.1) is 18.6 Å². The fourth-order valence-corrected chi connectivity index (χ4v) is 4.70. The van der Waals surface area contributed by atoms with Crippen LogP contribution in [0.15, 0.2) is 102 Å². The zero-order valence-corrected chi connectivity index (χ0v) is 22.2. The van der Waals surface area contributed by atoms with Gasteiger partial charge in [-0.1, -0.05) is 62.0 Å². The zero-order valence-electron chi connectivity index (χ0n) is 22.2. The number of benzene rings is 3. The Hall–Kier alpha value is -4.13. The van der Waals surface area contributed by atoms with Crippen molar-refractivity contribution in [2.75, 3.05) is 5.32 Å². The number of hydrogen-bond donors (Lipinski definition) is 1. The second-order valence-electron chi connectivity index (χ2n) is 9.57. The van der Waals surface area contributed by atoms with Gasteiger partial charge in [0.1, 0.15) is 11.6 Å². The Morgan fingerprint density at radius 1 is 1.05 bits per heavy atom. The number of aryl methyl sites for hydroxylation is 1. The predicted octanol–water partition coefficient (Wildman–Crippen LogP) is 9.01. The molecule has 3 nitrogen and oxygen atoms in total. The maximum Gasteiger partial charge on any atom is 0.288 e. The topological polar surface area (TPSA) is 27.6 Å². The minimum atomic E-state index is -3.15. The molecule has 0 fully saturated rings. The maximum atomic E-state index is 14.9. The summed E-state index contributed by atoms with van der Waals surface area (Å²) in [7, 11) is 0. The molecular formula is C32H31F4N3. The van der Waals surface area contributed by atoms with Crippen molar-refractivity contribution in [1.82, 2.24) is 5.01 Å². The Balaban J connectivity index is 1.93. The molecule has 3 aromatic carbocycles. The van der Waals surface area contributed by atoms with Crippen LogP contribution in [0.3, 0.4) is 0 Å². The smallest absolute Gasteiger partial charge is 0.288 e. The second kappa shape index (κ2) is 11.3. The van der Waals surface area contributed by atoms with Gasteiger partial charge in [-0.25, -0.2) is 8.78 Å². The minimum Gasteiger partial charge on any atom is -0.362 e. The van der Waals surface area contributed by atoms with E-state index in [0.29, 0.717) is 40.1 Å². The molecule has 3 aromatic rings. The number of hydrogen-bond acceptors (Lipinski definition) is 3. The average Bonchev–Trinajstić information content (AvgIpc) is 3.36. The van der Waals surface area contributed by atoms with Crippen molar-refractivity contribution in [2.24, 2.45) is 5.10 Å². The highest BCUT2D eigenvalue weighted by molar-refractivity contribution is 6.10. The summed E-state index contributed by atoms with van der Waals surface area (Å²) in [5.74, 6) is -4.03. The third-order valence-corrected chi connectivity index (χ3v) is 6.96. The van der Waals surface area contributed by atoms with Crippen LogP contribution in [-0.4, -0.2) is 16.6 Å². The van der Waals surface area contributed by atoms with E-state index in [1.54, 1.807) is 18.2 Å². The largest absolute Gasteiger partial charge is 0.362 e. The summed E-state index contributed by atoms with van der Waals surface area (Å²) in [4.78, 5) is 0. The van der Waals surface area contributed by atoms with Crippen molar-refractivity contribution in [2.45, 2.75) is 45.6 Å². The molecule has 1 aliphatic rings. The summed E-state index contributed by atoms with van der Waals surface area (Å²) >= 11 is 0. The molecule has 1 unspecified atom stereocenters. The highest BCUT2D eigenvalue weighted by Crippen LogP contribution is 2.43. The van der Waals surface area contributed by atoms with E-state index in [1.165, 1.54) is 42.4 Å². The van der Waals surface area contributed by atoms with Gasteiger partial charge in [0.05, 0.1) is 17.5 Å². The van der Waals surface area contributed by atoms with Crippen LogP contribution in [0.5, 0.6) is 0 Å². The molecule has 1 heterocycles. The summed E-state index contributed by atoms with van der Waals surface area (Å²) in [5.41, 5.74) is 4.97. The average molecular weight is 534 g/mol. The molecule has 1 aliphatic heterocycles. The summed E-state index contributed by atoms with van der Waals surface area (Å²) in [6, 6.07) is 17.3. The monoisotopic (exact) mass is 533 g/mol.